The zero-order valence-corrected chi connectivity index (χ0v) is 12.6. The normalized spacial score (nSPS) is 12.6. The van der Waals surface area contributed by atoms with Gasteiger partial charge in [-0.1, -0.05) is 12.1 Å². The highest BCUT2D eigenvalue weighted by Gasteiger charge is 2.11. The van der Waals surface area contributed by atoms with Crippen LogP contribution in [0.4, 0.5) is 5.82 Å². The van der Waals surface area contributed by atoms with Crippen LogP contribution in [0.1, 0.15) is 17.5 Å². The molecule has 19 heavy (non-hydrogen) atoms. The molecule has 2 aromatic heterocycles. The van der Waals surface area contributed by atoms with Crippen LogP contribution < -0.4 is 5.32 Å². The largest absolute Gasteiger partial charge is 0.373 e. The number of hydrogen-bond donors (Lipinski definition) is 1. The molecule has 0 bridgehead atoms. The van der Waals surface area contributed by atoms with Gasteiger partial charge < -0.3 is 5.32 Å². The van der Waals surface area contributed by atoms with E-state index in [0.29, 0.717) is 6.04 Å². The lowest BCUT2D eigenvalue weighted by atomic mass is 10.2. The average Bonchev–Trinajstić information content (AvgIpc) is 2.91. The number of rotatable bonds is 6. The number of thiophene rings is 1. The molecule has 2 heterocycles. The van der Waals surface area contributed by atoms with Crippen molar-refractivity contribution in [2.75, 3.05) is 19.4 Å². The Morgan fingerprint density at radius 1 is 1.32 bits per heavy atom. The van der Waals surface area contributed by atoms with Crippen molar-refractivity contribution >= 4 is 17.2 Å². The van der Waals surface area contributed by atoms with E-state index in [9.17, 15) is 0 Å². The number of nitrogens with zero attached hydrogens (tertiary/aromatic N) is 2. The first-order chi connectivity index (χ1) is 9.19. The average molecular weight is 275 g/mol. The van der Waals surface area contributed by atoms with E-state index in [-0.39, 0.29) is 0 Å². The molecule has 2 rings (SSSR count). The fourth-order valence-electron chi connectivity index (χ4n) is 1.99. The third-order valence-corrected chi connectivity index (χ3v) is 4.20. The van der Waals surface area contributed by atoms with E-state index in [1.54, 1.807) is 0 Å². The molecular weight excluding hydrogens is 254 g/mol. The Morgan fingerprint density at radius 3 is 2.84 bits per heavy atom. The van der Waals surface area contributed by atoms with Crippen molar-refractivity contribution in [1.82, 2.24) is 9.88 Å². The summed E-state index contributed by atoms with van der Waals surface area (Å²) in [5, 5.41) is 5.22. The standard InChI is InChI=1S/C15H21N3S/c1-12(10-14-7-5-9-19-14)18(3)11-13-6-4-8-15(16-2)17-13/h4-9,12H,10-11H2,1-3H3,(H,16,17). The Labute approximate surface area is 119 Å². The number of anilines is 1. The highest BCUT2D eigenvalue weighted by molar-refractivity contribution is 7.09. The lowest BCUT2D eigenvalue weighted by Crippen LogP contribution is -2.30. The summed E-state index contributed by atoms with van der Waals surface area (Å²) in [6, 6.07) is 10.9. The van der Waals surface area contributed by atoms with E-state index in [1.165, 1.54) is 4.88 Å². The molecule has 0 aromatic carbocycles. The van der Waals surface area contributed by atoms with Crippen molar-refractivity contribution in [2.24, 2.45) is 0 Å². The summed E-state index contributed by atoms with van der Waals surface area (Å²) < 4.78 is 0. The van der Waals surface area contributed by atoms with E-state index in [0.717, 1.165) is 24.5 Å². The molecule has 0 saturated heterocycles. The Balaban J connectivity index is 1.93. The molecule has 0 fully saturated rings. The van der Waals surface area contributed by atoms with Gasteiger partial charge in [-0.3, -0.25) is 4.90 Å². The summed E-state index contributed by atoms with van der Waals surface area (Å²) in [4.78, 5) is 8.35. The third kappa shape index (κ3) is 4.04. The van der Waals surface area contributed by atoms with Crippen LogP contribution in [0.25, 0.3) is 0 Å². The van der Waals surface area contributed by atoms with E-state index < -0.39 is 0 Å². The Kier molecular flexibility index (Phi) is 4.93. The van der Waals surface area contributed by atoms with Gasteiger partial charge >= 0.3 is 0 Å². The van der Waals surface area contributed by atoms with Crippen molar-refractivity contribution < 1.29 is 0 Å². The number of hydrogen-bond acceptors (Lipinski definition) is 4. The van der Waals surface area contributed by atoms with E-state index in [4.69, 9.17) is 0 Å². The van der Waals surface area contributed by atoms with Gasteiger partial charge in [-0.2, -0.15) is 0 Å². The second-order valence-electron chi connectivity index (χ2n) is 4.81. The van der Waals surface area contributed by atoms with Crippen molar-refractivity contribution in [1.29, 1.82) is 0 Å². The maximum atomic E-state index is 4.56. The molecule has 3 nitrogen and oxygen atoms in total. The topological polar surface area (TPSA) is 28.2 Å². The molecule has 0 amide bonds. The summed E-state index contributed by atoms with van der Waals surface area (Å²) in [5.41, 5.74) is 1.10. The first-order valence-corrected chi connectivity index (χ1v) is 7.43. The fraction of sp³-hybridized carbons (Fsp3) is 0.400. The minimum absolute atomic E-state index is 0.513. The summed E-state index contributed by atoms with van der Waals surface area (Å²) in [6.07, 6.45) is 1.10. The van der Waals surface area contributed by atoms with Crippen LogP contribution in [0.2, 0.25) is 0 Å². The summed E-state index contributed by atoms with van der Waals surface area (Å²) in [7, 11) is 4.06. The zero-order chi connectivity index (χ0) is 13.7. The lowest BCUT2D eigenvalue weighted by molar-refractivity contribution is 0.246. The molecule has 0 spiro atoms. The van der Waals surface area contributed by atoms with Crippen LogP contribution in [0.15, 0.2) is 35.7 Å². The maximum absolute atomic E-state index is 4.56. The molecule has 1 atom stereocenters. The highest BCUT2D eigenvalue weighted by Crippen LogP contribution is 2.15. The molecular formula is C15H21N3S. The number of aromatic nitrogens is 1. The number of nitrogens with one attached hydrogen (secondary N) is 1. The second kappa shape index (κ2) is 6.68. The Hall–Kier alpha value is -1.39. The summed E-state index contributed by atoms with van der Waals surface area (Å²) in [5.74, 6) is 0.928. The van der Waals surface area contributed by atoms with Gasteiger partial charge in [0.25, 0.3) is 0 Å². The quantitative estimate of drug-likeness (QED) is 0.877. The first kappa shape index (κ1) is 14.0. The van der Waals surface area contributed by atoms with Gasteiger partial charge in [0.05, 0.1) is 5.69 Å². The Morgan fingerprint density at radius 2 is 2.16 bits per heavy atom. The SMILES string of the molecule is CNc1cccc(CN(C)C(C)Cc2cccs2)n1. The zero-order valence-electron chi connectivity index (χ0n) is 11.8. The predicted octanol–water partition coefficient (Wildman–Crippen LogP) is 3.25. The maximum Gasteiger partial charge on any atom is 0.126 e. The van der Waals surface area contributed by atoms with E-state index >= 15 is 0 Å². The molecule has 102 valence electrons. The molecule has 0 saturated carbocycles. The van der Waals surface area contributed by atoms with Crippen LogP contribution in [0, 0.1) is 0 Å². The van der Waals surface area contributed by atoms with Crippen LogP contribution in [0.5, 0.6) is 0 Å². The molecule has 1 N–H and O–H groups in total. The first-order valence-electron chi connectivity index (χ1n) is 6.55. The minimum atomic E-state index is 0.513. The van der Waals surface area contributed by atoms with Gasteiger partial charge in [0.15, 0.2) is 0 Å². The molecule has 0 radical (unpaired) electrons. The molecule has 0 aliphatic heterocycles. The summed E-state index contributed by atoms with van der Waals surface area (Å²) in [6.45, 7) is 3.14. The van der Waals surface area contributed by atoms with Crippen molar-refractivity contribution in [3.63, 3.8) is 0 Å². The number of likely N-dealkylation sites (N-methyl/N-ethyl adjacent to an activating group) is 1. The van der Waals surface area contributed by atoms with Gasteiger partial charge in [-0.15, -0.1) is 11.3 Å². The fourth-order valence-corrected chi connectivity index (χ4v) is 2.82. The van der Waals surface area contributed by atoms with Gasteiger partial charge in [0, 0.05) is 24.5 Å². The highest BCUT2D eigenvalue weighted by atomic mass is 32.1. The van der Waals surface area contributed by atoms with Crippen molar-refractivity contribution in [3.05, 3.63) is 46.3 Å². The third-order valence-electron chi connectivity index (χ3n) is 3.30. The van der Waals surface area contributed by atoms with E-state index in [2.05, 4.69) is 52.8 Å². The van der Waals surface area contributed by atoms with Crippen LogP contribution in [-0.2, 0) is 13.0 Å². The van der Waals surface area contributed by atoms with Crippen LogP contribution in [0.3, 0.4) is 0 Å². The molecule has 4 heteroatoms. The van der Waals surface area contributed by atoms with Gasteiger partial charge in [-0.05, 0) is 44.0 Å². The monoisotopic (exact) mass is 275 g/mol. The predicted molar refractivity (Wildman–Crippen MR) is 82.7 cm³/mol. The molecule has 2 aromatic rings. The number of pyridine rings is 1. The van der Waals surface area contributed by atoms with Gasteiger partial charge in [0.2, 0.25) is 0 Å². The van der Waals surface area contributed by atoms with Gasteiger partial charge in [0.1, 0.15) is 5.82 Å². The molecule has 0 aliphatic carbocycles. The van der Waals surface area contributed by atoms with Crippen molar-refractivity contribution in [3.8, 4) is 0 Å². The molecule has 0 aliphatic rings. The second-order valence-corrected chi connectivity index (χ2v) is 5.84. The minimum Gasteiger partial charge on any atom is -0.373 e. The van der Waals surface area contributed by atoms with Crippen LogP contribution >= 0.6 is 11.3 Å². The molecule has 1 unspecified atom stereocenters. The lowest BCUT2D eigenvalue weighted by Gasteiger charge is -2.24. The van der Waals surface area contributed by atoms with Crippen molar-refractivity contribution in [2.45, 2.75) is 25.9 Å². The van der Waals surface area contributed by atoms with E-state index in [1.807, 2.05) is 30.5 Å². The van der Waals surface area contributed by atoms with Crippen LogP contribution in [-0.4, -0.2) is 30.0 Å². The van der Waals surface area contributed by atoms with Gasteiger partial charge in [-0.25, -0.2) is 4.98 Å². The summed E-state index contributed by atoms with van der Waals surface area (Å²) >= 11 is 1.83. The smallest absolute Gasteiger partial charge is 0.126 e. The Bertz CT molecular complexity index is 496.